The molecule has 0 spiro atoms. The number of azo groups is 1. The number of rotatable bonds is 6. The van der Waals surface area contributed by atoms with E-state index in [1.807, 2.05) is 25.1 Å². The van der Waals surface area contributed by atoms with E-state index in [2.05, 4.69) is 20.5 Å². The van der Waals surface area contributed by atoms with E-state index < -0.39 is 5.97 Å². The first-order valence-corrected chi connectivity index (χ1v) is 7.75. The molecule has 25 heavy (non-hydrogen) atoms. The number of amides is 1. The minimum Gasteiger partial charge on any atom is -0.422 e. The highest BCUT2D eigenvalue weighted by molar-refractivity contribution is 5.90. The van der Waals surface area contributed by atoms with Crippen molar-refractivity contribution in [2.24, 2.45) is 10.2 Å². The molecule has 1 amide bonds. The van der Waals surface area contributed by atoms with Crippen molar-refractivity contribution in [2.75, 3.05) is 11.1 Å². The quantitative estimate of drug-likeness (QED) is 0.612. The molecule has 0 atom stereocenters. The standard InChI is InChI=1S/C17H19N5O3/c1-3-7-15(24)25-14-10-13(16(18)20-17(14)19-11(2)23)22-21-12-8-5-4-6-9-12/h4-6,8-10H,3,7H2,1-2H3,(H3,18,19,20,23)/b22-21+. The summed E-state index contributed by atoms with van der Waals surface area (Å²) in [7, 11) is 0. The van der Waals surface area contributed by atoms with Gasteiger partial charge in [0.05, 0.1) is 5.69 Å². The number of hydrogen-bond acceptors (Lipinski definition) is 7. The summed E-state index contributed by atoms with van der Waals surface area (Å²) in [6, 6.07) is 10.5. The average molecular weight is 341 g/mol. The van der Waals surface area contributed by atoms with E-state index in [0.717, 1.165) is 0 Å². The van der Waals surface area contributed by atoms with Gasteiger partial charge in [0, 0.05) is 19.4 Å². The first-order valence-electron chi connectivity index (χ1n) is 7.75. The highest BCUT2D eigenvalue weighted by atomic mass is 16.5. The number of nitrogens with one attached hydrogen (secondary N) is 1. The number of benzene rings is 1. The molecule has 8 heteroatoms. The normalized spacial score (nSPS) is 10.6. The molecule has 0 aliphatic rings. The Morgan fingerprint density at radius 2 is 1.96 bits per heavy atom. The number of hydrogen-bond donors (Lipinski definition) is 2. The molecule has 0 aliphatic heterocycles. The van der Waals surface area contributed by atoms with Crippen LogP contribution < -0.4 is 15.8 Å². The molecule has 2 rings (SSSR count). The summed E-state index contributed by atoms with van der Waals surface area (Å²) in [6.45, 7) is 3.18. The average Bonchev–Trinajstić information content (AvgIpc) is 2.56. The first kappa shape index (κ1) is 18.1. The number of carbonyl (C=O) groups excluding carboxylic acids is 2. The Labute approximate surface area is 145 Å². The molecule has 1 aromatic carbocycles. The fraction of sp³-hybridized carbons (Fsp3) is 0.235. The Morgan fingerprint density at radius 3 is 2.60 bits per heavy atom. The zero-order valence-corrected chi connectivity index (χ0v) is 14.0. The van der Waals surface area contributed by atoms with Crippen molar-refractivity contribution in [3.05, 3.63) is 36.4 Å². The molecule has 0 radical (unpaired) electrons. The highest BCUT2D eigenvalue weighted by Gasteiger charge is 2.15. The SMILES string of the molecule is CCCC(=O)Oc1cc(/N=N/c2ccccc2)c(N)nc1NC(C)=O. The van der Waals surface area contributed by atoms with Crippen molar-refractivity contribution in [1.29, 1.82) is 0 Å². The van der Waals surface area contributed by atoms with Crippen molar-refractivity contribution in [1.82, 2.24) is 4.98 Å². The van der Waals surface area contributed by atoms with Gasteiger partial charge in [0.2, 0.25) is 5.91 Å². The Morgan fingerprint density at radius 1 is 1.24 bits per heavy atom. The van der Waals surface area contributed by atoms with E-state index in [1.165, 1.54) is 13.0 Å². The summed E-state index contributed by atoms with van der Waals surface area (Å²) < 4.78 is 5.26. The van der Waals surface area contributed by atoms with Crippen LogP contribution in [-0.4, -0.2) is 16.9 Å². The number of aromatic nitrogens is 1. The van der Waals surface area contributed by atoms with Crippen LogP contribution in [-0.2, 0) is 9.59 Å². The van der Waals surface area contributed by atoms with Gasteiger partial charge in [0.25, 0.3) is 0 Å². The molecule has 1 heterocycles. The van der Waals surface area contributed by atoms with Crippen LogP contribution in [0, 0.1) is 0 Å². The second kappa shape index (κ2) is 8.53. The van der Waals surface area contributed by atoms with Crippen molar-refractivity contribution in [3.63, 3.8) is 0 Å². The van der Waals surface area contributed by atoms with Crippen molar-refractivity contribution >= 4 is 34.9 Å². The largest absolute Gasteiger partial charge is 0.422 e. The Bertz CT molecular complexity index is 790. The van der Waals surface area contributed by atoms with Crippen molar-refractivity contribution < 1.29 is 14.3 Å². The number of nitrogen functional groups attached to an aromatic ring is 1. The van der Waals surface area contributed by atoms with E-state index in [9.17, 15) is 9.59 Å². The third-order valence-electron chi connectivity index (χ3n) is 3.00. The van der Waals surface area contributed by atoms with E-state index in [0.29, 0.717) is 12.1 Å². The van der Waals surface area contributed by atoms with Gasteiger partial charge >= 0.3 is 5.97 Å². The Hall–Kier alpha value is -3.29. The van der Waals surface area contributed by atoms with Crippen LogP contribution in [0.2, 0.25) is 0 Å². The monoisotopic (exact) mass is 341 g/mol. The Balaban J connectivity index is 2.35. The van der Waals surface area contributed by atoms with Gasteiger partial charge in [-0.2, -0.15) is 5.11 Å². The van der Waals surface area contributed by atoms with Gasteiger partial charge in [-0.1, -0.05) is 25.1 Å². The van der Waals surface area contributed by atoms with Crippen molar-refractivity contribution in [2.45, 2.75) is 26.7 Å². The lowest BCUT2D eigenvalue weighted by molar-refractivity contribution is -0.134. The summed E-state index contributed by atoms with van der Waals surface area (Å²) >= 11 is 0. The van der Waals surface area contributed by atoms with Crippen LogP contribution in [0.25, 0.3) is 0 Å². The molecular formula is C17H19N5O3. The van der Waals surface area contributed by atoms with Gasteiger partial charge in [0.1, 0.15) is 5.69 Å². The zero-order valence-electron chi connectivity index (χ0n) is 14.0. The number of nitrogens with two attached hydrogens (primary N) is 1. The number of ether oxygens (including phenoxy) is 1. The molecule has 2 aromatic rings. The van der Waals surface area contributed by atoms with Gasteiger partial charge in [-0.25, -0.2) is 4.98 Å². The van der Waals surface area contributed by atoms with E-state index >= 15 is 0 Å². The molecule has 1 aromatic heterocycles. The molecule has 0 bridgehead atoms. The predicted octanol–water partition coefficient (Wildman–Crippen LogP) is 3.74. The fourth-order valence-electron chi connectivity index (χ4n) is 1.90. The van der Waals surface area contributed by atoms with Gasteiger partial charge in [-0.3, -0.25) is 9.59 Å². The summed E-state index contributed by atoms with van der Waals surface area (Å²) in [5.41, 5.74) is 6.73. The lowest BCUT2D eigenvalue weighted by Crippen LogP contribution is -2.13. The van der Waals surface area contributed by atoms with Crippen LogP contribution in [0.1, 0.15) is 26.7 Å². The zero-order chi connectivity index (χ0) is 18.2. The van der Waals surface area contributed by atoms with E-state index in [-0.39, 0.29) is 35.4 Å². The predicted molar refractivity (Wildman–Crippen MR) is 94.1 cm³/mol. The molecule has 8 nitrogen and oxygen atoms in total. The second-order valence-corrected chi connectivity index (χ2v) is 5.18. The third-order valence-corrected chi connectivity index (χ3v) is 3.00. The maximum atomic E-state index is 11.8. The van der Waals surface area contributed by atoms with Crippen LogP contribution in [0.3, 0.4) is 0 Å². The lowest BCUT2D eigenvalue weighted by Gasteiger charge is -2.11. The summed E-state index contributed by atoms with van der Waals surface area (Å²) in [5, 5.41) is 10.6. The van der Waals surface area contributed by atoms with E-state index in [4.69, 9.17) is 10.5 Å². The number of esters is 1. The minimum absolute atomic E-state index is 0.0544. The number of anilines is 2. The summed E-state index contributed by atoms with van der Waals surface area (Å²) in [4.78, 5) is 27.1. The lowest BCUT2D eigenvalue weighted by atomic mass is 10.3. The third kappa shape index (κ3) is 5.38. The molecule has 0 fully saturated rings. The molecule has 0 saturated heterocycles. The van der Waals surface area contributed by atoms with E-state index in [1.54, 1.807) is 12.1 Å². The van der Waals surface area contributed by atoms with Gasteiger partial charge in [0.15, 0.2) is 17.4 Å². The van der Waals surface area contributed by atoms with Crippen LogP contribution in [0.5, 0.6) is 5.75 Å². The van der Waals surface area contributed by atoms with Gasteiger partial charge in [-0.15, -0.1) is 5.11 Å². The number of pyridine rings is 1. The summed E-state index contributed by atoms with van der Waals surface area (Å²) in [5.74, 6) is -0.610. The maximum absolute atomic E-state index is 11.8. The molecule has 0 unspecified atom stereocenters. The number of nitrogens with zero attached hydrogens (tertiary/aromatic N) is 3. The Kier molecular flexibility index (Phi) is 6.16. The molecule has 0 aliphatic carbocycles. The summed E-state index contributed by atoms with van der Waals surface area (Å²) in [6.07, 6.45) is 0.877. The maximum Gasteiger partial charge on any atom is 0.311 e. The first-order chi connectivity index (χ1) is 12.0. The number of carbonyl (C=O) groups is 2. The van der Waals surface area contributed by atoms with Crippen LogP contribution >= 0.6 is 0 Å². The highest BCUT2D eigenvalue weighted by Crippen LogP contribution is 2.33. The van der Waals surface area contributed by atoms with Gasteiger partial charge in [-0.05, 0) is 18.6 Å². The van der Waals surface area contributed by atoms with Crippen LogP contribution in [0.15, 0.2) is 46.6 Å². The minimum atomic E-state index is -0.438. The molecule has 130 valence electrons. The topological polar surface area (TPSA) is 119 Å². The fourth-order valence-corrected chi connectivity index (χ4v) is 1.90. The molecule has 3 N–H and O–H groups in total. The molecular weight excluding hydrogens is 322 g/mol. The molecule has 0 saturated carbocycles. The van der Waals surface area contributed by atoms with Gasteiger partial charge < -0.3 is 15.8 Å². The van der Waals surface area contributed by atoms with Crippen LogP contribution in [0.4, 0.5) is 23.0 Å². The smallest absolute Gasteiger partial charge is 0.311 e. The van der Waals surface area contributed by atoms with Crippen molar-refractivity contribution in [3.8, 4) is 5.75 Å². The second-order valence-electron chi connectivity index (χ2n) is 5.18.